The molecule has 0 radical (unpaired) electrons. The molecule has 0 fully saturated rings. The summed E-state index contributed by atoms with van der Waals surface area (Å²) in [5.74, 6) is 0.754. The van der Waals surface area contributed by atoms with Gasteiger partial charge in [-0.1, -0.05) is 95.6 Å². The molecule has 0 spiro atoms. The second-order valence-electron chi connectivity index (χ2n) is 9.49. The molecule has 5 nitrogen and oxygen atoms in total. The number of benzene rings is 5. The number of carbonyl (C=O) groups is 2. The Morgan fingerprint density at radius 1 is 0.585 bits per heavy atom. The number of ether oxygens (including phenoxy) is 2. The second-order valence-corrected chi connectivity index (χ2v) is 11.0. The van der Waals surface area contributed by atoms with Crippen molar-refractivity contribution in [2.75, 3.05) is 0 Å². The lowest BCUT2D eigenvalue weighted by Gasteiger charge is -2.23. The molecule has 0 saturated heterocycles. The number of rotatable bonds is 10. The second kappa shape index (κ2) is 12.5. The van der Waals surface area contributed by atoms with E-state index in [0.29, 0.717) is 28.2 Å². The summed E-state index contributed by atoms with van der Waals surface area (Å²) in [5, 5.41) is 0.194. The molecule has 0 aliphatic carbocycles. The fourth-order valence-electron chi connectivity index (χ4n) is 4.66. The van der Waals surface area contributed by atoms with E-state index >= 15 is 0 Å². The third kappa shape index (κ3) is 6.16. The molecule has 41 heavy (non-hydrogen) atoms. The van der Waals surface area contributed by atoms with Crippen LogP contribution in [0.5, 0.6) is 11.5 Å². The van der Waals surface area contributed by atoms with Gasteiger partial charge in [0.25, 0.3) is 6.29 Å². The maximum Gasteiger partial charge on any atom is 0.459 e. The predicted molar refractivity (Wildman–Crippen MR) is 161 cm³/mol. The zero-order valence-corrected chi connectivity index (χ0v) is 23.6. The highest BCUT2D eigenvalue weighted by Gasteiger charge is 2.38. The van der Waals surface area contributed by atoms with Gasteiger partial charge in [0.05, 0.1) is 11.1 Å². The maximum atomic E-state index is 14.1. The largest absolute Gasteiger partial charge is 0.459 e. The van der Waals surface area contributed by atoms with Gasteiger partial charge < -0.3 is 9.47 Å². The van der Waals surface area contributed by atoms with Crippen LogP contribution in [0.1, 0.15) is 49.3 Å². The van der Waals surface area contributed by atoms with Crippen LogP contribution >= 0.6 is 7.80 Å². The van der Waals surface area contributed by atoms with Crippen LogP contribution in [0, 0.1) is 13.8 Å². The number of para-hydroxylation sites is 2. The molecule has 0 aliphatic heterocycles. The molecule has 0 amide bonds. The smallest absolute Gasteiger partial charge is 0.451 e. The summed E-state index contributed by atoms with van der Waals surface area (Å²) in [7, 11) is -2.57. The Hall–Kier alpha value is -4.86. The Morgan fingerprint density at radius 3 is 1.66 bits per heavy atom. The normalized spacial score (nSPS) is 11.1. The Labute approximate surface area is 240 Å². The average Bonchev–Trinajstić information content (AvgIpc) is 3.01. The summed E-state index contributed by atoms with van der Waals surface area (Å²) in [6.45, 7) is 3.63. The minimum absolute atomic E-state index is 0.193. The highest BCUT2D eigenvalue weighted by molar-refractivity contribution is 7.71. The van der Waals surface area contributed by atoms with Crippen LogP contribution in [0.15, 0.2) is 127 Å². The predicted octanol–water partition coefficient (Wildman–Crippen LogP) is 7.98. The van der Waals surface area contributed by atoms with Crippen LogP contribution in [-0.4, -0.2) is 11.3 Å². The van der Waals surface area contributed by atoms with E-state index in [2.05, 4.69) is 0 Å². The van der Waals surface area contributed by atoms with Gasteiger partial charge in [-0.2, -0.15) is 0 Å². The minimum Gasteiger partial charge on any atom is -0.451 e. The first kappa shape index (κ1) is 27.7. The molecular weight excluding hydrogens is 531 g/mol. The lowest BCUT2D eigenvalue weighted by atomic mass is 9.98. The summed E-state index contributed by atoms with van der Waals surface area (Å²) in [5.41, 5.74) is 2.42. The van der Waals surface area contributed by atoms with E-state index in [1.54, 1.807) is 48.5 Å². The van der Waals surface area contributed by atoms with E-state index in [0.717, 1.165) is 11.1 Å². The lowest BCUT2D eigenvalue weighted by molar-refractivity contribution is 0.00324. The fourth-order valence-corrected chi connectivity index (χ4v) is 6.05. The van der Waals surface area contributed by atoms with Crippen molar-refractivity contribution in [2.24, 2.45) is 0 Å². The Morgan fingerprint density at radius 2 is 1.07 bits per heavy atom. The van der Waals surface area contributed by atoms with Crippen LogP contribution in [0.3, 0.4) is 0 Å². The van der Waals surface area contributed by atoms with Gasteiger partial charge >= 0.3 is 13.3 Å². The molecule has 1 unspecified atom stereocenters. The number of carbonyl (C=O) groups excluding carboxylic acids is 2. The Kier molecular flexibility index (Phi) is 8.47. The molecule has 5 aromatic rings. The van der Waals surface area contributed by atoms with Crippen LogP contribution in [-0.2, 0) is 4.57 Å². The number of ketones is 1. The topological polar surface area (TPSA) is 69.7 Å². The number of hydrogen-bond donors (Lipinski definition) is 0. The van der Waals surface area contributed by atoms with Crippen molar-refractivity contribution in [1.29, 1.82) is 0 Å². The highest BCUT2D eigenvalue weighted by atomic mass is 31.1. The minimum atomic E-state index is -2.57. The first-order chi connectivity index (χ1) is 19.9. The third-order valence-corrected chi connectivity index (χ3v) is 8.10. The molecule has 6 heteroatoms. The van der Waals surface area contributed by atoms with Gasteiger partial charge in [-0.05, 0) is 61.4 Å². The third-order valence-electron chi connectivity index (χ3n) is 6.68. The monoisotopic (exact) mass is 559 g/mol. The molecule has 5 rings (SSSR count). The van der Waals surface area contributed by atoms with Crippen LogP contribution < -0.4 is 14.8 Å². The Bertz CT molecular complexity index is 1650. The van der Waals surface area contributed by atoms with Crippen molar-refractivity contribution in [2.45, 2.75) is 20.1 Å². The maximum absolute atomic E-state index is 14.1. The quantitative estimate of drug-likeness (QED) is 0.0986. The highest BCUT2D eigenvalue weighted by Crippen LogP contribution is 2.33. The molecule has 0 aromatic heterocycles. The van der Waals surface area contributed by atoms with Crippen LogP contribution in [0.25, 0.3) is 0 Å². The summed E-state index contributed by atoms with van der Waals surface area (Å²) >= 11 is 0. The zero-order chi connectivity index (χ0) is 28.8. The van der Waals surface area contributed by atoms with Crippen LogP contribution in [0.4, 0.5) is 0 Å². The van der Waals surface area contributed by atoms with Crippen molar-refractivity contribution < 1.29 is 23.6 Å². The van der Waals surface area contributed by atoms with Gasteiger partial charge in [-0.25, -0.2) is 4.79 Å². The van der Waals surface area contributed by atoms with E-state index in [-0.39, 0.29) is 16.7 Å². The van der Waals surface area contributed by atoms with E-state index in [9.17, 15) is 14.2 Å². The fraction of sp³-hybridized carbons (Fsp3) is 0.0857. The van der Waals surface area contributed by atoms with E-state index in [1.807, 2.05) is 92.7 Å². The summed E-state index contributed by atoms with van der Waals surface area (Å²) in [6.07, 6.45) is -0.961. The van der Waals surface area contributed by atoms with E-state index < -0.39 is 19.6 Å². The van der Waals surface area contributed by atoms with Crippen molar-refractivity contribution in [3.05, 3.63) is 161 Å². The van der Waals surface area contributed by atoms with Gasteiger partial charge in [-0.3, -0.25) is 4.79 Å². The molecule has 5 aromatic carbocycles. The SMILES string of the molecule is Cc1cccc(C)c1C(=O)[P+](=O)c1ccccc1C(=O)c1ccccc1C(Oc1ccccc1)Oc1ccccc1. The van der Waals surface area contributed by atoms with Crippen molar-refractivity contribution in [1.82, 2.24) is 0 Å². The van der Waals surface area contributed by atoms with Crippen molar-refractivity contribution >= 4 is 24.4 Å². The van der Waals surface area contributed by atoms with Gasteiger partial charge in [0.2, 0.25) is 5.30 Å². The van der Waals surface area contributed by atoms with E-state index in [1.165, 1.54) is 0 Å². The van der Waals surface area contributed by atoms with Gasteiger partial charge in [0.1, 0.15) is 11.5 Å². The molecule has 0 heterocycles. The van der Waals surface area contributed by atoms with Crippen molar-refractivity contribution in [3.8, 4) is 11.5 Å². The van der Waals surface area contributed by atoms with E-state index in [4.69, 9.17) is 9.47 Å². The lowest BCUT2D eigenvalue weighted by Crippen LogP contribution is -2.21. The molecule has 202 valence electrons. The van der Waals surface area contributed by atoms with Gasteiger partial charge in [0, 0.05) is 11.1 Å². The first-order valence-electron chi connectivity index (χ1n) is 13.2. The molecule has 0 bridgehead atoms. The zero-order valence-electron chi connectivity index (χ0n) is 22.7. The van der Waals surface area contributed by atoms with Gasteiger partial charge in [-0.15, -0.1) is 0 Å². The molecule has 0 aliphatic rings. The first-order valence-corrected chi connectivity index (χ1v) is 14.4. The molecule has 0 saturated carbocycles. The summed E-state index contributed by atoms with van der Waals surface area (Å²) in [6, 6.07) is 37.5. The summed E-state index contributed by atoms with van der Waals surface area (Å²) < 4.78 is 26.2. The average molecular weight is 560 g/mol. The Balaban J connectivity index is 1.54. The standard InChI is InChI=1S/C35H28O5P/c1-24-14-13-15-25(2)32(24)34(37)41(38)31-23-12-11-22-30(31)33(36)28-20-9-10-21-29(28)35(39-26-16-5-3-6-17-26)40-27-18-7-4-8-19-27/h3-23,35H,1-2H3/q+1. The van der Waals surface area contributed by atoms with Crippen LogP contribution in [0.2, 0.25) is 0 Å². The molecule has 1 atom stereocenters. The molecule has 0 N–H and O–H groups in total. The van der Waals surface area contributed by atoms with Gasteiger partial charge in [0.15, 0.2) is 5.78 Å². The molecular formula is C35H28O5P+. The summed E-state index contributed by atoms with van der Waals surface area (Å²) in [4.78, 5) is 27.6. The number of aryl methyl sites for hydroxylation is 2. The van der Waals surface area contributed by atoms with Crippen molar-refractivity contribution in [3.63, 3.8) is 0 Å². The number of hydrogen-bond acceptors (Lipinski definition) is 5.